The van der Waals surface area contributed by atoms with E-state index in [9.17, 15) is 0 Å². The maximum Gasteiger partial charge on any atom is 0.143 e. The van der Waals surface area contributed by atoms with Crippen molar-refractivity contribution in [1.82, 2.24) is 5.32 Å². The fourth-order valence-electron chi connectivity index (χ4n) is 0.795. The molecule has 0 aromatic carbocycles. The molecule has 7 heavy (non-hydrogen) atoms. The highest BCUT2D eigenvalue weighted by molar-refractivity contribution is 4.69. The van der Waals surface area contributed by atoms with E-state index >= 15 is 0 Å². The summed E-state index contributed by atoms with van der Waals surface area (Å²) in [5, 5.41) is 3.19. The average Bonchev–Trinajstić information content (AvgIpc) is 2.14. The molecule has 2 heteroatoms. The van der Waals surface area contributed by atoms with Gasteiger partial charge in [0, 0.05) is 13.0 Å². The van der Waals surface area contributed by atoms with Crippen molar-refractivity contribution in [2.45, 2.75) is 12.5 Å². The summed E-state index contributed by atoms with van der Waals surface area (Å²) in [7, 11) is 3.45. The molecule has 0 aromatic heterocycles. The Morgan fingerprint density at radius 3 is 2.86 bits per heavy atom. The summed E-state index contributed by atoms with van der Waals surface area (Å²) >= 11 is 0. The van der Waals surface area contributed by atoms with Crippen LogP contribution < -0.4 is 5.32 Å². The summed E-state index contributed by atoms with van der Waals surface area (Å²) in [4.78, 5) is 0. The second-order valence-electron chi connectivity index (χ2n) is 1.83. The smallest absolute Gasteiger partial charge is 0.143 e. The molecule has 0 amide bonds. The Balaban J connectivity index is 2.14. The second kappa shape index (κ2) is 2.28. The standard InChI is InChI=1S/C5H11NO/c1-7-5-2-3-6-4-5/h5-7H,1-4H2. The summed E-state index contributed by atoms with van der Waals surface area (Å²) in [6, 6.07) is 0. The Labute approximate surface area is 43.9 Å². The minimum Gasteiger partial charge on any atom is -0.578 e. The maximum atomic E-state index is 3.88. The van der Waals surface area contributed by atoms with Gasteiger partial charge in [0.2, 0.25) is 0 Å². The van der Waals surface area contributed by atoms with Gasteiger partial charge in [0.1, 0.15) is 6.10 Å². The Morgan fingerprint density at radius 2 is 2.57 bits per heavy atom. The predicted octanol–water partition coefficient (Wildman–Crippen LogP) is -0.332. The third kappa shape index (κ3) is 1.14. The van der Waals surface area contributed by atoms with Crippen LogP contribution in [0.3, 0.4) is 0 Å². The molecule has 42 valence electrons. The van der Waals surface area contributed by atoms with E-state index in [4.69, 9.17) is 0 Å². The second-order valence-corrected chi connectivity index (χ2v) is 1.83. The van der Waals surface area contributed by atoms with Crippen molar-refractivity contribution in [3.63, 3.8) is 0 Å². The third-order valence-corrected chi connectivity index (χ3v) is 1.29. The number of hydrogen-bond donors (Lipinski definition) is 1. The molecule has 1 heterocycles. The van der Waals surface area contributed by atoms with Crippen molar-refractivity contribution >= 4 is 0 Å². The quantitative estimate of drug-likeness (QED) is 0.355. The Bertz CT molecular complexity index is 50.0. The van der Waals surface area contributed by atoms with Gasteiger partial charge in [0.05, 0.1) is 6.54 Å². The Morgan fingerprint density at radius 1 is 1.71 bits per heavy atom. The van der Waals surface area contributed by atoms with Gasteiger partial charge in [-0.05, 0) is 0 Å². The molecular formula is C5H11NO. The van der Waals surface area contributed by atoms with Crippen LogP contribution >= 0.6 is 0 Å². The molecule has 1 fully saturated rings. The minimum absolute atomic E-state index is 0.500. The molecule has 0 aromatic rings. The van der Waals surface area contributed by atoms with E-state index in [0.717, 1.165) is 13.1 Å². The van der Waals surface area contributed by atoms with Crippen molar-refractivity contribution in [1.29, 1.82) is 0 Å². The van der Waals surface area contributed by atoms with Crippen LogP contribution in [0.5, 0.6) is 0 Å². The predicted molar refractivity (Wildman–Crippen MR) is 28.9 cm³/mol. The van der Waals surface area contributed by atoms with E-state index in [1.807, 2.05) is 0 Å². The first-order chi connectivity index (χ1) is 3.43. The van der Waals surface area contributed by atoms with E-state index in [2.05, 4.69) is 17.2 Å². The fraction of sp³-hybridized carbons (Fsp3) is 0.800. The first-order valence-corrected chi connectivity index (χ1v) is 2.60. The summed E-state index contributed by atoms with van der Waals surface area (Å²) in [5.74, 6) is 0. The molecule has 0 bridgehead atoms. The van der Waals surface area contributed by atoms with Gasteiger partial charge in [-0.25, -0.2) is 0 Å². The van der Waals surface area contributed by atoms with Gasteiger partial charge in [-0.1, -0.05) is 7.11 Å². The normalized spacial score (nSPS) is 31.3. The van der Waals surface area contributed by atoms with Gasteiger partial charge < -0.3 is 10.1 Å². The molecule has 1 saturated heterocycles. The molecular weight excluding hydrogens is 90.1 g/mol. The average molecular weight is 101 g/mol. The van der Waals surface area contributed by atoms with Gasteiger partial charge in [0.25, 0.3) is 0 Å². The molecule has 0 radical (unpaired) electrons. The number of nitrogens with one attached hydrogen (secondary N) is 1. The first kappa shape index (κ1) is 5.06. The van der Waals surface area contributed by atoms with E-state index in [1.54, 1.807) is 0 Å². The van der Waals surface area contributed by atoms with Crippen molar-refractivity contribution in [3.8, 4) is 0 Å². The Kier molecular flexibility index (Phi) is 1.65. The van der Waals surface area contributed by atoms with Gasteiger partial charge in [-0.15, -0.1) is 0 Å². The van der Waals surface area contributed by atoms with Crippen LogP contribution in [-0.4, -0.2) is 23.9 Å². The van der Waals surface area contributed by atoms with Crippen molar-refractivity contribution < 1.29 is 4.74 Å². The highest BCUT2D eigenvalue weighted by Gasteiger charge is 2.13. The molecule has 2 N–H and O–H groups in total. The lowest BCUT2D eigenvalue weighted by Gasteiger charge is -2.04. The van der Waals surface area contributed by atoms with Crippen molar-refractivity contribution in [2.75, 3.05) is 13.1 Å². The highest BCUT2D eigenvalue weighted by Crippen LogP contribution is 1.97. The number of ether oxygens (including phenoxy) is 1. The van der Waals surface area contributed by atoms with Crippen molar-refractivity contribution in [3.05, 3.63) is 7.11 Å². The highest BCUT2D eigenvalue weighted by atomic mass is 16.5. The largest absolute Gasteiger partial charge is 0.578 e. The number of hydrogen-bond acceptors (Lipinski definition) is 1. The monoisotopic (exact) mass is 101 g/mol. The van der Waals surface area contributed by atoms with Crippen LogP contribution in [0.25, 0.3) is 0 Å². The van der Waals surface area contributed by atoms with Crippen LogP contribution in [0.1, 0.15) is 6.42 Å². The maximum absolute atomic E-state index is 3.88. The minimum atomic E-state index is 0.500. The zero-order chi connectivity index (χ0) is 5.11. The number of aliphatic hydroxyl groups is 2. The van der Waals surface area contributed by atoms with Gasteiger partial charge in [0.15, 0.2) is 0 Å². The van der Waals surface area contributed by atoms with Gasteiger partial charge >= 0.3 is 0 Å². The lowest BCUT2D eigenvalue weighted by molar-refractivity contribution is -0.0117. The molecule has 1 atom stereocenters. The van der Waals surface area contributed by atoms with Crippen LogP contribution in [0, 0.1) is 7.11 Å². The first-order valence-electron chi connectivity index (χ1n) is 2.60. The fourth-order valence-corrected chi connectivity index (χ4v) is 0.795. The zero-order valence-corrected chi connectivity index (χ0v) is 4.35. The molecule has 1 unspecified atom stereocenters. The summed E-state index contributed by atoms with van der Waals surface area (Å²) in [5.41, 5.74) is 0. The van der Waals surface area contributed by atoms with Crippen LogP contribution in [0.2, 0.25) is 0 Å². The third-order valence-electron chi connectivity index (χ3n) is 1.29. The molecule has 1 aliphatic rings. The summed E-state index contributed by atoms with van der Waals surface area (Å²) in [6.45, 7) is 2.15. The van der Waals surface area contributed by atoms with E-state index < -0.39 is 0 Å². The summed E-state index contributed by atoms with van der Waals surface area (Å²) in [6.07, 6.45) is 1.67. The molecule has 0 spiro atoms. The number of rotatable bonds is 1. The lowest BCUT2D eigenvalue weighted by atomic mass is 10.3. The topological polar surface area (TPSA) is 24.8 Å². The molecule has 0 saturated carbocycles. The molecule has 1 rings (SSSR count). The molecule has 2 nitrogen and oxygen atoms in total. The van der Waals surface area contributed by atoms with E-state index in [-0.39, 0.29) is 0 Å². The Hall–Kier alpha value is -0.0800. The van der Waals surface area contributed by atoms with E-state index in [1.165, 1.54) is 6.42 Å². The SMILES string of the molecule is [CH2-][OH+]C1CCNC1. The van der Waals surface area contributed by atoms with Gasteiger partial charge in [-0.2, -0.15) is 0 Å². The lowest BCUT2D eigenvalue weighted by Crippen LogP contribution is -2.16. The zero-order valence-electron chi connectivity index (χ0n) is 4.35. The van der Waals surface area contributed by atoms with Gasteiger partial charge in [-0.3, -0.25) is 0 Å². The van der Waals surface area contributed by atoms with E-state index in [0.29, 0.717) is 6.10 Å². The van der Waals surface area contributed by atoms with Crippen LogP contribution in [0.4, 0.5) is 0 Å². The molecule has 1 aliphatic heterocycles. The van der Waals surface area contributed by atoms with Crippen molar-refractivity contribution in [2.24, 2.45) is 0 Å². The van der Waals surface area contributed by atoms with Crippen LogP contribution in [-0.2, 0) is 0 Å². The van der Waals surface area contributed by atoms with Crippen LogP contribution in [0.15, 0.2) is 0 Å². The molecule has 0 aliphatic carbocycles. The summed E-state index contributed by atoms with van der Waals surface area (Å²) < 4.78 is 3.88.